The predicted octanol–water partition coefficient (Wildman–Crippen LogP) is 2.26. The van der Waals surface area contributed by atoms with Crippen molar-refractivity contribution in [1.82, 2.24) is 14.7 Å². The van der Waals surface area contributed by atoms with Gasteiger partial charge in [0.1, 0.15) is 5.82 Å². The molecule has 3 rings (SSSR count). The van der Waals surface area contributed by atoms with E-state index in [1.54, 1.807) is 18.2 Å². The highest BCUT2D eigenvalue weighted by molar-refractivity contribution is 5.91. The topological polar surface area (TPSA) is 43.9 Å². The molecule has 148 valence electrons. The average Bonchev–Trinajstić information content (AvgIpc) is 3.50. The zero-order valence-corrected chi connectivity index (χ0v) is 16.4. The van der Waals surface area contributed by atoms with Crippen LogP contribution in [-0.4, -0.2) is 72.3 Å². The summed E-state index contributed by atoms with van der Waals surface area (Å²) in [6.45, 7) is 9.07. The number of carbonyl (C=O) groups excluding carboxylic acids is 2. The summed E-state index contributed by atoms with van der Waals surface area (Å²) in [4.78, 5) is 31.4. The minimum absolute atomic E-state index is 0.0165. The van der Waals surface area contributed by atoms with E-state index in [1.165, 1.54) is 6.07 Å². The molecule has 0 N–H and O–H groups in total. The second kappa shape index (κ2) is 8.38. The first-order valence-electron chi connectivity index (χ1n) is 10.1. The van der Waals surface area contributed by atoms with E-state index in [0.717, 1.165) is 19.6 Å². The molecule has 0 aromatic heterocycles. The quantitative estimate of drug-likeness (QED) is 0.734. The van der Waals surface area contributed by atoms with Crippen LogP contribution in [0.2, 0.25) is 0 Å². The van der Waals surface area contributed by atoms with Crippen molar-refractivity contribution in [3.8, 4) is 0 Å². The molecule has 2 aliphatic rings. The summed E-state index contributed by atoms with van der Waals surface area (Å²) in [5.74, 6) is -0.124. The molecule has 0 bridgehead atoms. The summed E-state index contributed by atoms with van der Waals surface area (Å²) in [6, 6.07) is 6.60. The molecule has 2 fully saturated rings. The Labute approximate surface area is 161 Å². The molecular weight excluding hydrogens is 345 g/mol. The van der Waals surface area contributed by atoms with Gasteiger partial charge in [-0.15, -0.1) is 0 Å². The van der Waals surface area contributed by atoms with Crippen LogP contribution in [0.5, 0.6) is 0 Å². The number of halogens is 1. The van der Waals surface area contributed by atoms with Gasteiger partial charge < -0.3 is 14.7 Å². The maximum absolute atomic E-state index is 14.2. The molecule has 1 heterocycles. The highest BCUT2D eigenvalue weighted by Crippen LogP contribution is 2.50. The number of rotatable bonds is 7. The average molecular weight is 375 g/mol. The van der Waals surface area contributed by atoms with Crippen LogP contribution in [-0.2, 0) is 15.0 Å². The van der Waals surface area contributed by atoms with E-state index in [9.17, 15) is 14.0 Å². The fourth-order valence-electron chi connectivity index (χ4n) is 3.99. The lowest BCUT2D eigenvalue weighted by molar-refractivity contribution is -0.141. The molecule has 1 aliphatic heterocycles. The largest absolute Gasteiger partial charge is 0.339 e. The van der Waals surface area contributed by atoms with Crippen LogP contribution in [0.25, 0.3) is 0 Å². The third kappa shape index (κ3) is 4.15. The van der Waals surface area contributed by atoms with Gasteiger partial charge in [0.05, 0.1) is 5.41 Å². The summed E-state index contributed by atoms with van der Waals surface area (Å²) in [5, 5.41) is 0. The van der Waals surface area contributed by atoms with Crippen molar-refractivity contribution in [2.24, 2.45) is 0 Å². The smallest absolute Gasteiger partial charge is 0.233 e. The Morgan fingerprint density at radius 1 is 1.04 bits per heavy atom. The van der Waals surface area contributed by atoms with Crippen molar-refractivity contribution < 1.29 is 14.0 Å². The van der Waals surface area contributed by atoms with E-state index in [0.29, 0.717) is 51.0 Å². The number of piperazine rings is 1. The van der Waals surface area contributed by atoms with E-state index in [2.05, 4.69) is 18.7 Å². The standard InChI is InChI=1S/C21H30FN3O2/c1-3-23(4-2)12-9-19(26)24-13-15-25(16-14-24)20(27)21(10-11-21)17-7-5-6-8-18(17)22/h5-8H,3-4,9-16H2,1-2H3. The summed E-state index contributed by atoms with van der Waals surface area (Å²) in [7, 11) is 0. The van der Waals surface area contributed by atoms with Crippen LogP contribution in [0.3, 0.4) is 0 Å². The van der Waals surface area contributed by atoms with Crippen LogP contribution in [0.15, 0.2) is 24.3 Å². The lowest BCUT2D eigenvalue weighted by Crippen LogP contribution is -2.53. The maximum Gasteiger partial charge on any atom is 0.233 e. The Morgan fingerprint density at radius 2 is 1.63 bits per heavy atom. The first-order valence-corrected chi connectivity index (χ1v) is 10.1. The monoisotopic (exact) mass is 375 g/mol. The summed E-state index contributed by atoms with van der Waals surface area (Å²) < 4.78 is 14.2. The molecule has 6 heteroatoms. The Hall–Kier alpha value is -1.95. The SMILES string of the molecule is CCN(CC)CCC(=O)N1CCN(C(=O)C2(c3ccccc3F)CC2)CC1. The number of nitrogens with zero attached hydrogens (tertiary/aromatic N) is 3. The number of hydrogen-bond donors (Lipinski definition) is 0. The Bertz CT molecular complexity index is 678. The second-order valence-electron chi connectivity index (χ2n) is 7.51. The number of amides is 2. The first kappa shape index (κ1) is 19.8. The van der Waals surface area contributed by atoms with Gasteiger partial charge in [-0.3, -0.25) is 9.59 Å². The second-order valence-corrected chi connectivity index (χ2v) is 7.51. The van der Waals surface area contributed by atoms with Crippen molar-refractivity contribution in [3.63, 3.8) is 0 Å². The van der Waals surface area contributed by atoms with E-state index in [4.69, 9.17) is 0 Å². The Kier molecular flexibility index (Phi) is 6.15. The lowest BCUT2D eigenvalue weighted by Gasteiger charge is -2.37. The van der Waals surface area contributed by atoms with Gasteiger partial charge in [-0.05, 0) is 32.0 Å². The van der Waals surface area contributed by atoms with Gasteiger partial charge in [-0.1, -0.05) is 32.0 Å². The Morgan fingerprint density at radius 3 is 2.19 bits per heavy atom. The molecule has 1 aromatic carbocycles. The van der Waals surface area contributed by atoms with Gasteiger partial charge >= 0.3 is 0 Å². The number of benzene rings is 1. The fraction of sp³-hybridized carbons (Fsp3) is 0.619. The molecule has 1 saturated carbocycles. The molecule has 0 unspecified atom stereocenters. The van der Waals surface area contributed by atoms with Gasteiger partial charge in [0.15, 0.2) is 0 Å². The van der Waals surface area contributed by atoms with E-state index < -0.39 is 5.41 Å². The first-order chi connectivity index (χ1) is 13.0. The van der Waals surface area contributed by atoms with Crippen molar-refractivity contribution in [2.75, 3.05) is 45.8 Å². The number of carbonyl (C=O) groups is 2. The maximum atomic E-state index is 14.2. The molecule has 0 spiro atoms. The molecule has 1 saturated heterocycles. The van der Waals surface area contributed by atoms with Gasteiger partial charge in [-0.2, -0.15) is 0 Å². The summed E-state index contributed by atoms with van der Waals surface area (Å²) in [6.07, 6.45) is 1.93. The third-order valence-electron chi connectivity index (χ3n) is 6.00. The molecule has 27 heavy (non-hydrogen) atoms. The van der Waals surface area contributed by atoms with Gasteiger partial charge in [-0.25, -0.2) is 4.39 Å². The molecule has 0 atom stereocenters. The molecular formula is C21H30FN3O2. The van der Waals surface area contributed by atoms with Crippen molar-refractivity contribution in [3.05, 3.63) is 35.6 Å². The minimum Gasteiger partial charge on any atom is -0.339 e. The molecule has 1 aliphatic carbocycles. The van der Waals surface area contributed by atoms with Crippen LogP contribution in [0.4, 0.5) is 4.39 Å². The van der Waals surface area contributed by atoms with E-state index in [1.807, 2.05) is 9.80 Å². The Balaban J connectivity index is 1.54. The highest BCUT2D eigenvalue weighted by atomic mass is 19.1. The van der Waals surface area contributed by atoms with Crippen LogP contribution in [0, 0.1) is 5.82 Å². The summed E-state index contributed by atoms with van der Waals surface area (Å²) in [5.41, 5.74) is -0.159. The van der Waals surface area contributed by atoms with Crippen molar-refractivity contribution in [1.29, 1.82) is 0 Å². The van der Waals surface area contributed by atoms with Crippen LogP contribution < -0.4 is 0 Å². The molecule has 5 nitrogen and oxygen atoms in total. The molecule has 2 amide bonds. The van der Waals surface area contributed by atoms with E-state index in [-0.39, 0.29) is 17.6 Å². The number of hydrogen-bond acceptors (Lipinski definition) is 3. The van der Waals surface area contributed by atoms with E-state index >= 15 is 0 Å². The zero-order chi connectivity index (χ0) is 19.4. The fourth-order valence-corrected chi connectivity index (χ4v) is 3.99. The van der Waals surface area contributed by atoms with Crippen LogP contribution in [0.1, 0.15) is 38.7 Å². The van der Waals surface area contributed by atoms with Gasteiger partial charge in [0.25, 0.3) is 0 Å². The van der Waals surface area contributed by atoms with Crippen molar-refractivity contribution in [2.45, 2.75) is 38.5 Å². The van der Waals surface area contributed by atoms with Crippen molar-refractivity contribution >= 4 is 11.8 Å². The molecule has 0 radical (unpaired) electrons. The third-order valence-corrected chi connectivity index (χ3v) is 6.00. The minimum atomic E-state index is -0.680. The zero-order valence-electron chi connectivity index (χ0n) is 16.4. The van der Waals surface area contributed by atoms with Gasteiger partial charge in [0.2, 0.25) is 11.8 Å². The van der Waals surface area contributed by atoms with Crippen LogP contribution >= 0.6 is 0 Å². The summed E-state index contributed by atoms with van der Waals surface area (Å²) >= 11 is 0. The lowest BCUT2D eigenvalue weighted by atomic mass is 9.93. The predicted molar refractivity (Wildman–Crippen MR) is 103 cm³/mol. The van der Waals surface area contributed by atoms with Gasteiger partial charge in [0, 0.05) is 44.7 Å². The molecule has 1 aromatic rings. The normalized spacial score (nSPS) is 18.7. The highest BCUT2D eigenvalue weighted by Gasteiger charge is 2.54.